The number of halogens is 1. The van der Waals surface area contributed by atoms with Gasteiger partial charge in [0.15, 0.2) is 0 Å². The lowest BCUT2D eigenvalue weighted by Gasteiger charge is -2.22. The van der Waals surface area contributed by atoms with Gasteiger partial charge in [-0.05, 0) is 45.5 Å². The van der Waals surface area contributed by atoms with E-state index < -0.39 is 0 Å². The predicted molar refractivity (Wildman–Crippen MR) is 76.1 cm³/mol. The van der Waals surface area contributed by atoms with Gasteiger partial charge in [0, 0.05) is 0 Å². The van der Waals surface area contributed by atoms with Crippen LogP contribution >= 0.6 is 12.4 Å². The van der Waals surface area contributed by atoms with Crippen molar-refractivity contribution >= 4 is 34.0 Å². The number of fused-ring (bicyclic) bond motifs is 1. The van der Waals surface area contributed by atoms with Crippen LogP contribution in [-0.2, 0) is 12.8 Å². The molecule has 2 aliphatic rings. The summed E-state index contributed by atoms with van der Waals surface area (Å²) in [6.45, 7) is 0. The highest BCUT2D eigenvalue weighted by Crippen LogP contribution is 2.38. The maximum atomic E-state index is 2.26. The molecule has 0 nitrogen and oxygen atoms in total. The Kier molecular flexibility index (Phi) is 2.34. The van der Waals surface area contributed by atoms with Crippen LogP contribution in [0.2, 0.25) is 0 Å². The minimum Gasteiger partial charge on any atom is -0.147 e. The van der Waals surface area contributed by atoms with Crippen molar-refractivity contribution in [2.75, 3.05) is 0 Å². The summed E-state index contributed by atoms with van der Waals surface area (Å²) in [5.41, 5.74) is 3.09. The first-order chi connectivity index (χ1) is 7.95. The van der Waals surface area contributed by atoms with Crippen molar-refractivity contribution in [1.82, 2.24) is 0 Å². The summed E-state index contributed by atoms with van der Waals surface area (Å²) >= 11 is 0. The molecular formula is C16H13Cl. The van der Waals surface area contributed by atoms with Crippen molar-refractivity contribution in [2.24, 2.45) is 0 Å². The zero-order chi connectivity index (χ0) is 10.5. The van der Waals surface area contributed by atoms with Crippen molar-refractivity contribution < 1.29 is 0 Å². The van der Waals surface area contributed by atoms with E-state index in [2.05, 4.69) is 48.5 Å². The Morgan fingerprint density at radius 1 is 0.529 bits per heavy atom. The molecule has 1 heteroatoms. The molecule has 0 unspecified atom stereocenters. The molecule has 3 aromatic carbocycles. The molecule has 0 N–H and O–H groups in total. The standard InChI is InChI=1S/C16H12.ClH/c1-2-6-12-11(5-1)15-9-10-16(12)14-8-4-3-7-13(14)15;/h1-8H,9-10H2;1H. The first-order valence-corrected chi connectivity index (χ1v) is 5.86. The van der Waals surface area contributed by atoms with E-state index in [-0.39, 0.29) is 12.4 Å². The molecule has 0 spiro atoms. The molecule has 84 valence electrons. The summed E-state index contributed by atoms with van der Waals surface area (Å²) in [5, 5.41) is 5.84. The van der Waals surface area contributed by atoms with Crippen LogP contribution < -0.4 is 0 Å². The van der Waals surface area contributed by atoms with E-state index in [4.69, 9.17) is 0 Å². The van der Waals surface area contributed by atoms with E-state index >= 15 is 0 Å². The highest BCUT2D eigenvalue weighted by molar-refractivity contribution is 6.07. The maximum Gasteiger partial charge on any atom is -0.0143 e. The summed E-state index contributed by atoms with van der Waals surface area (Å²) in [4.78, 5) is 0. The van der Waals surface area contributed by atoms with Gasteiger partial charge in [-0.2, -0.15) is 0 Å². The van der Waals surface area contributed by atoms with Gasteiger partial charge in [0.2, 0.25) is 0 Å². The van der Waals surface area contributed by atoms with Crippen LogP contribution in [0.5, 0.6) is 0 Å². The van der Waals surface area contributed by atoms with Gasteiger partial charge in [0.25, 0.3) is 0 Å². The minimum atomic E-state index is 0. The highest BCUT2D eigenvalue weighted by Gasteiger charge is 2.18. The van der Waals surface area contributed by atoms with E-state index in [1.807, 2.05) is 0 Å². The summed E-state index contributed by atoms with van der Waals surface area (Å²) in [6.07, 6.45) is 2.42. The summed E-state index contributed by atoms with van der Waals surface area (Å²) in [6, 6.07) is 17.6. The van der Waals surface area contributed by atoms with E-state index in [1.165, 1.54) is 34.4 Å². The van der Waals surface area contributed by atoms with Gasteiger partial charge in [0.05, 0.1) is 0 Å². The lowest BCUT2D eigenvalue weighted by molar-refractivity contribution is 0.972. The molecule has 0 saturated carbocycles. The Balaban J connectivity index is 0.000000902. The van der Waals surface area contributed by atoms with Gasteiger partial charge in [0.1, 0.15) is 0 Å². The fourth-order valence-electron chi connectivity index (χ4n) is 3.10. The quantitative estimate of drug-likeness (QED) is 0.507. The third-order valence-corrected chi connectivity index (χ3v) is 3.78. The summed E-state index contributed by atoms with van der Waals surface area (Å²) < 4.78 is 0. The number of hydrogen-bond donors (Lipinski definition) is 0. The van der Waals surface area contributed by atoms with Crippen molar-refractivity contribution in [1.29, 1.82) is 0 Å². The Morgan fingerprint density at radius 2 is 0.824 bits per heavy atom. The van der Waals surface area contributed by atoms with E-state index in [9.17, 15) is 0 Å². The average Bonchev–Trinajstić information content (AvgIpc) is 2.40. The average molecular weight is 241 g/mol. The smallest absolute Gasteiger partial charge is 0.0143 e. The molecule has 17 heavy (non-hydrogen) atoms. The van der Waals surface area contributed by atoms with Crippen molar-refractivity contribution in [3.05, 3.63) is 59.7 Å². The van der Waals surface area contributed by atoms with Gasteiger partial charge in [-0.15, -0.1) is 12.4 Å². The van der Waals surface area contributed by atoms with Gasteiger partial charge >= 0.3 is 0 Å². The lowest BCUT2D eigenvalue weighted by Crippen LogP contribution is -2.04. The predicted octanol–water partition coefficient (Wildman–Crippen LogP) is 4.51. The highest BCUT2D eigenvalue weighted by atomic mass is 35.5. The molecule has 0 aliphatic heterocycles. The Morgan fingerprint density at radius 3 is 1.12 bits per heavy atom. The number of hydrogen-bond acceptors (Lipinski definition) is 0. The van der Waals surface area contributed by atoms with Gasteiger partial charge < -0.3 is 0 Å². The first-order valence-electron chi connectivity index (χ1n) is 5.86. The van der Waals surface area contributed by atoms with Crippen LogP contribution in [0.3, 0.4) is 0 Å². The van der Waals surface area contributed by atoms with Crippen molar-refractivity contribution in [2.45, 2.75) is 12.8 Å². The zero-order valence-corrected chi connectivity index (χ0v) is 10.3. The number of rotatable bonds is 0. The molecular weight excluding hydrogens is 228 g/mol. The molecule has 0 radical (unpaired) electrons. The Hall–Kier alpha value is -1.53. The monoisotopic (exact) mass is 240 g/mol. The third-order valence-electron chi connectivity index (χ3n) is 3.78. The molecule has 0 amide bonds. The normalized spacial score (nSPS) is 12.9. The van der Waals surface area contributed by atoms with Crippen LogP contribution in [0.15, 0.2) is 48.5 Å². The molecule has 3 aromatic rings. The number of benzene rings is 3. The van der Waals surface area contributed by atoms with Crippen molar-refractivity contribution in [3.63, 3.8) is 0 Å². The molecule has 2 bridgehead atoms. The molecule has 0 atom stereocenters. The Bertz CT molecular complexity index is 594. The Labute approximate surface area is 107 Å². The lowest BCUT2D eigenvalue weighted by atomic mass is 9.82. The second kappa shape index (κ2) is 3.75. The van der Waals surface area contributed by atoms with Gasteiger partial charge in [-0.3, -0.25) is 0 Å². The molecule has 5 rings (SSSR count). The summed E-state index contributed by atoms with van der Waals surface area (Å²) in [5.74, 6) is 0. The van der Waals surface area contributed by atoms with E-state index in [0.717, 1.165) is 0 Å². The molecule has 0 aromatic heterocycles. The second-order valence-electron chi connectivity index (χ2n) is 4.55. The fraction of sp³-hybridized carbons (Fsp3) is 0.125. The molecule has 2 aliphatic carbocycles. The van der Waals surface area contributed by atoms with Crippen LogP contribution in [0, 0.1) is 0 Å². The van der Waals surface area contributed by atoms with Crippen LogP contribution in [-0.4, -0.2) is 0 Å². The minimum absolute atomic E-state index is 0. The second-order valence-corrected chi connectivity index (χ2v) is 4.55. The van der Waals surface area contributed by atoms with Crippen LogP contribution in [0.25, 0.3) is 21.5 Å². The van der Waals surface area contributed by atoms with Gasteiger partial charge in [-0.1, -0.05) is 48.5 Å². The third kappa shape index (κ3) is 1.31. The molecule has 0 saturated heterocycles. The SMILES string of the molecule is Cl.c1ccc2c3c4ccccc4c(c2c1)CC3. The maximum absolute atomic E-state index is 2.26. The van der Waals surface area contributed by atoms with Crippen LogP contribution in [0.4, 0.5) is 0 Å². The van der Waals surface area contributed by atoms with Crippen molar-refractivity contribution in [3.8, 4) is 0 Å². The van der Waals surface area contributed by atoms with E-state index in [1.54, 1.807) is 11.1 Å². The first kappa shape index (κ1) is 10.6. The molecule has 0 heterocycles. The van der Waals surface area contributed by atoms with Gasteiger partial charge in [-0.25, -0.2) is 0 Å². The largest absolute Gasteiger partial charge is 0.147 e. The topological polar surface area (TPSA) is 0 Å². The summed E-state index contributed by atoms with van der Waals surface area (Å²) in [7, 11) is 0. The zero-order valence-electron chi connectivity index (χ0n) is 9.44. The fourth-order valence-corrected chi connectivity index (χ4v) is 3.10. The van der Waals surface area contributed by atoms with E-state index in [0.29, 0.717) is 0 Å². The van der Waals surface area contributed by atoms with Crippen LogP contribution in [0.1, 0.15) is 11.1 Å². The molecule has 0 fully saturated rings. The number of aryl methyl sites for hydroxylation is 2.